The molecule has 0 spiro atoms. The minimum Gasteiger partial charge on any atom is -0.342 e. The molecule has 0 atom stereocenters. The van der Waals surface area contributed by atoms with E-state index in [1.807, 2.05) is 35.7 Å². The van der Waals surface area contributed by atoms with Gasteiger partial charge in [0.2, 0.25) is 5.91 Å². The molecule has 0 saturated heterocycles. The van der Waals surface area contributed by atoms with Crippen LogP contribution in [-0.4, -0.2) is 21.8 Å². The van der Waals surface area contributed by atoms with Crippen molar-refractivity contribution in [1.29, 1.82) is 0 Å². The van der Waals surface area contributed by atoms with Gasteiger partial charge in [-0.2, -0.15) is 0 Å². The van der Waals surface area contributed by atoms with E-state index >= 15 is 0 Å². The van der Waals surface area contributed by atoms with Crippen LogP contribution in [0.2, 0.25) is 0 Å². The number of nitrogens with zero attached hydrogens (tertiary/aromatic N) is 1. The van der Waals surface area contributed by atoms with Gasteiger partial charge in [-0.25, -0.2) is 4.98 Å². The lowest BCUT2D eigenvalue weighted by Crippen LogP contribution is -2.14. The number of aromatic amines is 1. The largest absolute Gasteiger partial charge is 0.342 e. The van der Waals surface area contributed by atoms with Crippen molar-refractivity contribution in [2.45, 2.75) is 12.8 Å². The molecule has 0 aliphatic rings. The number of aryl methyl sites for hydroxylation is 1. The number of para-hydroxylation sites is 2. The lowest BCUT2D eigenvalue weighted by atomic mass is 10.2. The average Bonchev–Trinajstić information content (AvgIpc) is 3.36. The number of fused-ring (bicyclic) bond motifs is 1. The van der Waals surface area contributed by atoms with E-state index in [4.69, 9.17) is 0 Å². The third-order valence-corrected chi connectivity index (χ3v) is 5.05. The van der Waals surface area contributed by atoms with Gasteiger partial charge in [0.25, 0.3) is 5.91 Å². The van der Waals surface area contributed by atoms with Crippen molar-refractivity contribution in [3.05, 3.63) is 76.7 Å². The van der Waals surface area contributed by atoms with Gasteiger partial charge in [0.05, 0.1) is 15.9 Å². The molecule has 4 rings (SSSR count). The Balaban J connectivity index is 1.34. The van der Waals surface area contributed by atoms with E-state index in [9.17, 15) is 9.59 Å². The summed E-state index contributed by atoms with van der Waals surface area (Å²) in [5.41, 5.74) is 3.13. The number of carbonyl (C=O) groups excluding carboxylic acids is 2. The number of amides is 2. The third kappa shape index (κ3) is 4.27. The number of hydrogen-bond donors (Lipinski definition) is 3. The molecule has 2 aromatic carbocycles. The Morgan fingerprint density at radius 3 is 2.57 bits per heavy atom. The summed E-state index contributed by atoms with van der Waals surface area (Å²) in [6, 6.07) is 18.5. The van der Waals surface area contributed by atoms with E-state index in [1.165, 1.54) is 11.3 Å². The number of nitrogens with one attached hydrogen (secondary N) is 3. The maximum atomic E-state index is 12.3. The predicted molar refractivity (Wildman–Crippen MR) is 112 cm³/mol. The first-order valence-corrected chi connectivity index (χ1v) is 9.74. The van der Waals surface area contributed by atoms with Crippen molar-refractivity contribution in [2.24, 2.45) is 0 Å². The van der Waals surface area contributed by atoms with E-state index in [1.54, 1.807) is 30.3 Å². The number of rotatable bonds is 6. The van der Waals surface area contributed by atoms with E-state index < -0.39 is 0 Å². The molecule has 6 nitrogen and oxygen atoms in total. The summed E-state index contributed by atoms with van der Waals surface area (Å²) < 4.78 is 0. The van der Waals surface area contributed by atoms with Gasteiger partial charge in [-0.1, -0.05) is 24.3 Å². The Morgan fingerprint density at radius 1 is 0.964 bits per heavy atom. The monoisotopic (exact) mass is 390 g/mol. The summed E-state index contributed by atoms with van der Waals surface area (Å²) in [4.78, 5) is 32.8. The molecule has 0 radical (unpaired) electrons. The number of thiophene rings is 1. The summed E-state index contributed by atoms with van der Waals surface area (Å²) in [6.07, 6.45) is 0.834. The molecule has 2 heterocycles. The highest BCUT2D eigenvalue weighted by Crippen LogP contribution is 2.18. The molecule has 0 bridgehead atoms. The normalized spacial score (nSPS) is 10.7. The van der Waals surface area contributed by atoms with Crippen molar-refractivity contribution >= 4 is 45.6 Å². The fourth-order valence-corrected chi connectivity index (χ4v) is 3.47. The number of hydrogen-bond acceptors (Lipinski definition) is 4. The molecule has 3 N–H and O–H groups in total. The molecule has 0 fully saturated rings. The Bertz CT molecular complexity index is 1090. The van der Waals surface area contributed by atoms with Crippen LogP contribution in [0.15, 0.2) is 66.0 Å². The predicted octanol–water partition coefficient (Wildman–Crippen LogP) is 4.45. The van der Waals surface area contributed by atoms with E-state index in [-0.39, 0.29) is 11.8 Å². The maximum Gasteiger partial charge on any atom is 0.265 e. The van der Waals surface area contributed by atoms with Crippen molar-refractivity contribution in [2.75, 3.05) is 10.6 Å². The second-order valence-corrected chi connectivity index (χ2v) is 7.21. The molecule has 0 aliphatic carbocycles. The van der Waals surface area contributed by atoms with Crippen molar-refractivity contribution < 1.29 is 9.59 Å². The minimum atomic E-state index is -0.164. The van der Waals surface area contributed by atoms with E-state index in [0.717, 1.165) is 16.9 Å². The number of H-pyrrole nitrogens is 1. The summed E-state index contributed by atoms with van der Waals surface area (Å²) in [5, 5.41) is 7.56. The van der Waals surface area contributed by atoms with Crippen LogP contribution in [0.4, 0.5) is 11.4 Å². The number of carbonyl (C=O) groups is 2. The highest BCUT2D eigenvalue weighted by molar-refractivity contribution is 7.12. The minimum absolute atomic E-state index is 0.109. The summed E-state index contributed by atoms with van der Waals surface area (Å²) in [7, 11) is 0. The highest BCUT2D eigenvalue weighted by Gasteiger charge is 2.09. The van der Waals surface area contributed by atoms with Gasteiger partial charge in [-0.3, -0.25) is 9.59 Å². The van der Waals surface area contributed by atoms with Crippen LogP contribution in [0.3, 0.4) is 0 Å². The first-order chi connectivity index (χ1) is 13.7. The zero-order chi connectivity index (χ0) is 19.3. The first-order valence-electron chi connectivity index (χ1n) is 8.86. The van der Waals surface area contributed by atoms with Crippen LogP contribution in [0.25, 0.3) is 11.0 Å². The summed E-state index contributed by atoms with van der Waals surface area (Å²) in [5.74, 6) is 0.513. The Morgan fingerprint density at radius 2 is 1.79 bits per heavy atom. The van der Waals surface area contributed by atoms with Crippen molar-refractivity contribution in [3.63, 3.8) is 0 Å². The first kappa shape index (κ1) is 17.9. The second-order valence-electron chi connectivity index (χ2n) is 6.26. The Labute approximate surface area is 165 Å². The summed E-state index contributed by atoms with van der Waals surface area (Å²) >= 11 is 1.38. The van der Waals surface area contributed by atoms with Crippen molar-refractivity contribution in [3.8, 4) is 0 Å². The fraction of sp³-hybridized carbons (Fsp3) is 0.0952. The smallest absolute Gasteiger partial charge is 0.265 e. The van der Waals surface area contributed by atoms with E-state index in [0.29, 0.717) is 29.1 Å². The van der Waals surface area contributed by atoms with Crippen molar-refractivity contribution in [1.82, 2.24) is 9.97 Å². The maximum absolute atomic E-state index is 12.3. The SMILES string of the molecule is O=C(CCc1nc2ccccc2[nH]1)Nc1cccc(NC(=O)c2cccs2)c1. The topological polar surface area (TPSA) is 86.9 Å². The number of imidazole rings is 1. The average molecular weight is 390 g/mol. The van der Waals surface area contributed by atoms with E-state index in [2.05, 4.69) is 20.6 Å². The molecule has 0 unspecified atom stereocenters. The van der Waals surface area contributed by atoms with Crippen LogP contribution < -0.4 is 10.6 Å². The van der Waals surface area contributed by atoms with Crippen LogP contribution in [0, 0.1) is 0 Å². The van der Waals surface area contributed by atoms with Gasteiger partial charge in [-0.15, -0.1) is 11.3 Å². The molecule has 0 aliphatic heterocycles. The molecular weight excluding hydrogens is 372 g/mol. The molecule has 0 saturated carbocycles. The number of benzene rings is 2. The van der Waals surface area contributed by atoms with Gasteiger partial charge < -0.3 is 15.6 Å². The zero-order valence-electron chi connectivity index (χ0n) is 14.9. The second kappa shape index (κ2) is 8.06. The number of aromatic nitrogens is 2. The van der Waals surface area contributed by atoms with Gasteiger partial charge in [0, 0.05) is 24.2 Å². The third-order valence-electron chi connectivity index (χ3n) is 4.18. The van der Waals surface area contributed by atoms with Crippen LogP contribution in [0.5, 0.6) is 0 Å². The van der Waals surface area contributed by atoms with Gasteiger partial charge >= 0.3 is 0 Å². The fourth-order valence-electron chi connectivity index (χ4n) is 2.85. The molecular formula is C21H18N4O2S. The highest BCUT2D eigenvalue weighted by atomic mass is 32.1. The molecule has 140 valence electrons. The molecule has 4 aromatic rings. The molecule has 7 heteroatoms. The van der Waals surface area contributed by atoms with Gasteiger partial charge in [0.1, 0.15) is 5.82 Å². The number of anilines is 2. The zero-order valence-corrected chi connectivity index (χ0v) is 15.8. The Kier molecular flexibility index (Phi) is 5.16. The van der Waals surface area contributed by atoms with Gasteiger partial charge in [0.15, 0.2) is 0 Å². The standard InChI is InChI=1S/C21H18N4O2S/c26-20(11-10-19-24-16-7-1-2-8-17(16)25-19)22-14-5-3-6-15(13-14)23-21(27)18-9-4-12-28-18/h1-9,12-13H,10-11H2,(H,22,26)(H,23,27)(H,24,25). The molecule has 28 heavy (non-hydrogen) atoms. The van der Waals surface area contributed by atoms with Crippen LogP contribution >= 0.6 is 11.3 Å². The van der Waals surface area contributed by atoms with Crippen LogP contribution in [-0.2, 0) is 11.2 Å². The summed E-state index contributed by atoms with van der Waals surface area (Å²) in [6.45, 7) is 0. The Hall–Kier alpha value is -3.45. The quantitative estimate of drug-likeness (QED) is 0.455. The van der Waals surface area contributed by atoms with Gasteiger partial charge in [-0.05, 0) is 41.8 Å². The lowest BCUT2D eigenvalue weighted by Gasteiger charge is -2.08. The molecule has 2 aromatic heterocycles. The van der Waals surface area contributed by atoms with Crippen LogP contribution in [0.1, 0.15) is 21.9 Å². The lowest BCUT2D eigenvalue weighted by molar-refractivity contribution is -0.116. The molecule has 2 amide bonds.